The van der Waals surface area contributed by atoms with Gasteiger partial charge in [-0.1, -0.05) is 0 Å². The van der Waals surface area contributed by atoms with Gasteiger partial charge in [-0.3, -0.25) is 4.98 Å². The van der Waals surface area contributed by atoms with Crippen LogP contribution in [-0.2, 0) is 9.53 Å². The number of aliphatic carboxylic acids is 1. The van der Waals surface area contributed by atoms with E-state index in [9.17, 15) is 4.79 Å². The van der Waals surface area contributed by atoms with Crippen LogP contribution in [0.3, 0.4) is 0 Å². The maximum absolute atomic E-state index is 10.4. The normalized spacial score (nSPS) is 11.7. The lowest BCUT2D eigenvalue weighted by molar-refractivity contribution is -0.131. The molecule has 5 nitrogen and oxygen atoms in total. The molecule has 0 amide bonds. The lowest BCUT2D eigenvalue weighted by atomic mass is 10.1. The Morgan fingerprint density at radius 2 is 2.21 bits per heavy atom. The molecule has 104 valence electrons. The number of carbonyl (C=O) groups is 1. The summed E-state index contributed by atoms with van der Waals surface area (Å²) in [5.74, 6) is -0.344. The smallest absolute Gasteiger partial charge is 0.328 e. The Hall–Kier alpha value is -1.88. The summed E-state index contributed by atoms with van der Waals surface area (Å²) in [6, 6.07) is 3.46. The van der Waals surface area contributed by atoms with E-state index >= 15 is 0 Å². The van der Waals surface area contributed by atoms with Crippen molar-refractivity contribution in [3.63, 3.8) is 0 Å². The molecular weight excluding hydrogens is 246 g/mol. The van der Waals surface area contributed by atoms with Crippen molar-refractivity contribution in [3.05, 3.63) is 30.1 Å². The van der Waals surface area contributed by atoms with Crippen LogP contribution in [0.1, 0.15) is 26.0 Å². The van der Waals surface area contributed by atoms with Gasteiger partial charge in [0.1, 0.15) is 5.75 Å². The van der Waals surface area contributed by atoms with Gasteiger partial charge in [0.05, 0.1) is 24.1 Å². The first kappa shape index (κ1) is 15.2. The standard InChI is InChI=1S/C14H19NO4/c1-14(2,18-3)8-9-19-12-6-4-11(15-10-12)5-7-13(16)17/h4-7,10H,8-9H2,1-3H3,(H,16,17)/b7-5+. The van der Waals surface area contributed by atoms with Crippen LogP contribution in [0, 0.1) is 0 Å². The molecule has 1 aromatic rings. The Balaban J connectivity index is 2.47. The number of hydrogen-bond acceptors (Lipinski definition) is 4. The van der Waals surface area contributed by atoms with Gasteiger partial charge in [-0.2, -0.15) is 0 Å². The fraction of sp³-hybridized carbons (Fsp3) is 0.429. The van der Waals surface area contributed by atoms with E-state index in [2.05, 4.69) is 4.98 Å². The first-order valence-electron chi connectivity index (χ1n) is 5.98. The van der Waals surface area contributed by atoms with Crippen LogP contribution < -0.4 is 4.74 Å². The van der Waals surface area contributed by atoms with Crippen LogP contribution >= 0.6 is 0 Å². The van der Waals surface area contributed by atoms with Crippen LogP contribution in [-0.4, -0.2) is 35.4 Å². The van der Waals surface area contributed by atoms with Gasteiger partial charge in [0.15, 0.2) is 0 Å². The van der Waals surface area contributed by atoms with Gasteiger partial charge in [-0.15, -0.1) is 0 Å². The summed E-state index contributed by atoms with van der Waals surface area (Å²) >= 11 is 0. The molecule has 0 aliphatic heterocycles. The van der Waals surface area contributed by atoms with E-state index in [1.807, 2.05) is 13.8 Å². The number of nitrogens with zero attached hydrogens (tertiary/aromatic N) is 1. The third kappa shape index (κ3) is 6.01. The zero-order valence-electron chi connectivity index (χ0n) is 11.4. The highest BCUT2D eigenvalue weighted by Gasteiger charge is 2.15. The number of ether oxygens (including phenoxy) is 2. The minimum atomic E-state index is -0.996. The molecule has 0 saturated carbocycles. The summed E-state index contributed by atoms with van der Waals surface area (Å²) in [4.78, 5) is 14.4. The highest BCUT2D eigenvalue weighted by atomic mass is 16.5. The van der Waals surface area contributed by atoms with E-state index < -0.39 is 5.97 Å². The lowest BCUT2D eigenvalue weighted by Gasteiger charge is -2.22. The van der Waals surface area contributed by atoms with Gasteiger partial charge >= 0.3 is 5.97 Å². The van der Waals surface area contributed by atoms with Gasteiger partial charge in [-0.05, 0) is 32.1 Å². The minimum Gasteiger partial charge on any atom is -0.492 e. The minimum absolute atomic E-state index is 0.211. The Morgan fingerprint density at radius 1 is 1.47 bits per heavy atom. The third-order valence-electron chi connectivity index (χ3n) is 2.68. The number of rotatable bonds is 7. The van der Waals surface area contributed by atoms with Gasteiger partial charge in [0.2, 0.25) is 0 Å². The second kappa shape index (κ2) is 6.89. The average molecular weight is 265 g/mol. The Labute approximate surface area is 112 Å². The van der Waals surface area contributed by atoms with Crippen molar-refractivity contribution in [2.24, 2.45) is 0 Å². The third-order valence-corrected chi connectivity index (χ3v) is 2.68. The second-order valence-corrected chi connectivity index (χ2v) is 4.65. The highest BCUT2D eigenvalue weighted by molar-refractivity contribution is 5.84. The van der Waals surface area contributed by atoms with E-state index in [1.165, 1.54) is 6.08 Å². The van der Waals surface area contributed by atoms with Gasteiger partial charge in [-0.25, -0.2) is 4.79 Å². The maximum atomic E-state index is 10.4. The summed E-state index contributed by atoms with van der Waals surface area (Å²) in [7, 11) is 1.67. The van der Waals surface area contributed by atoms with Crippen LogP contribution in [0.4, 0.5) is 0 Å². The summed E-state index contributed by atoms with van der Waals surface area (Å²) in [6.07, 6.45) is 4.82. The average Bonchev–Trinajstić information content (AvgIpc) is 2.37. The molecule has 19 heavy (non-hydrogen) atoms. The summed E-state index contributed by atoms with van der Waals surface area (Å²) in [5, 5.41) is 8.49. The molecular formula is C14H19NO4. The predicted octanol–water partition coefficient (Wildman–Crippen LogP) is 2.37. The predicted molar refractivity (Wildman–Crippen MR) is 72.1 cm³/mol. The van der Waals surface area contributed by atoms with Crippen molar-refractivity contribution < 1.29 is 19.4 Å². The first-order chi connectivity index (χ1) is 8.93. The van der Waals surface area contributed by atoms with Crippen LogP contribution in [0.2, 0.25) is 0 Å². The number of carboxylic acids is 1. The fourth-order valence-corrected chi connectivity index (χ4v) is 1.25. The van der Waals surface area contributed by atoms with Crippen molar-refractivity contribution in [2.45, 2.75) is 25.9 Å². The molecule has 1 heterocycles. The summed E-state index contributed by atoms with van der Waals surface area (Å²) < 4.78 is 10.8. The molecule has 0 aromatic carbocycles. The number of methoxy groups -OCH3 is 1. The topological polar surface area (TPSA) is 68.7 Å². The fourth-order valence-electron chi connectivity index (χ4n) is 1.25. The van der Waals surface area contributed by atoms with Crippen molar-refractivity contribution >= 4 is 12.0 Å². The molecule has 0 spiro atoms. The van der Waals surface area contributed by atoms with E-state index in [0.717, 1.165) is 12.5 Å². The van der Waals surface area contributed by atoms with E-state index in [1.54, 1.807) is 25.4 Å². The lowest BCUT2D eigenvalue weighted by Crippen LogP contribution is -2.25. The first-order valence-corrected chi connectivity index (χ1v) is 5.98. The molecule has 0 aliphatic carbocycles. The zero-order chi connectivity index (χ0) is 14.3. The molecule has 1 rings (SSSR count). The van der Waals surface area contributed by atoms with E-state index in [4.69, 9.17) is 14.6 Å². The molecule has 5 heteroatoms. The van der Waals surface area contributed by atoms with Gasteiger partial charge < -0.3 is 14.6 Å². The SMILES string of the molecule is COC(C)(C)CCOc1ccc(/C=C/C(=O)O)nc1. The summed E-state index contributed by atoms with van der Waals surface area (Å²) in [5.41, 5.74) is 0.365. The van der Waals surface area contributed by atoms with Gasteiger partial charge in [0.25, 0.3) is 0 Å². The molecule has 0 fully saturated rings. The molecule has 0 radical (unpaired) electrons. The van der Waals surface area contributed by atoms with Crippen LogP contribution in [0.5, 0.6) is 5.75 Å². The Bertz CT molecular complexity index is 437. The van der Waals surface area contributed by atoms with E-state index in [0.29, 0.717) is 18.1 Å². The second-order valence-electron chi connectivity index (χ2n) is 4.65. The molecule has 0 atom stereocenters. The molecule has 1 N–H and O–H groups in total. The van der Waals surface area contributed by atoms with Crippen molar-refractivity contribution in [2.75, 3.05) is 13.7 Å². The van der Waals surface area contributed by atoms with Crippen molar-refractivity contribution in [1.82, 2.24) is 4.98 Å². The van der Waals surface area contributed by atoms with Crippen molar-refractivity contribution in [1.29, 1.82) is 0 Å². The number of aromatic nitrogens is 1. The van der Waals surface area contributed by atoms with E-state index in [-0.39, 0.29) is 5.60 Å². The molecule has 1 aromatic heterocycles. The van der Waals surface area contributed by atoms with Crippen molar-refractivity contribution in [3.8, 4) is 5.75 Å². The maximum Gasteiger partial charge on any atom is 0.328 e. The van der Waals surface area contributed by atoms with Gasteiger partial charge in [0, 0.05) is 19.6 Å². The number of pyridine rings is 1. The molecule has 0 unspecified atom stereocenters. The zero-order valence-corrected chi connectivity index (χ0v) is 11.4. The number of carboxylic acid groups (broad SMARTS) is 1. The quantitative estimate of drug-likeness (QED) is 0.766. The Kier molecular flexibility index (Phi) is 5.51. The molecule has 0 saturated heterocycles. The Morgan fingerprint density at radius 3 is 2.74 bits per heavy atom. The van der Waals surface area contributed by atoms with Crippen LogP contribution in [0.15, 0.2) is 24.4 Å². The monoisotopic (exact) mass is 265 g/mol. The molecule has 0 aliphatic rings. The molecule has 0 bridgehead atoms. The van der Waals surface area contributed by atoms with Crippen LogP contribution in [0.25, 0.3) is 6.08 Å². The summed E-state index contributed by atoms with van der Waals surface area (Å²) in [6.45, 7) is 4.52. The largest absolute Gasteiger partial charge is 0.492 e. The highest BCUT2D eigenvalue weighted by Crippen LogP contribution is 2.15. The number of hydrogen-bond donors (Lipinski definition) is 1.